The molecular formula is C22H22O6. The van der Waals surface area contributed by atoms with Gasteiger partial charge in [0.05, 0.1) is 19.8 Å². The van der Waals surface area contributed by atoms with Crippen molar-refractivity contribution >= 4 is 18.0 Å². The fraction of sp³-hybridized carbons (Fsp3) is 0.273. The summed E-state index contributed by atoms with van der Waals surface area (Å²) in [6.45, 7) is 3.87. The number of benzene rings is 2. The van der Waals surface area contributed by atoms with E-state index in [1.807, 2.05) is 26.0 Å². The van der Waals surface area contributed by atoms with E-state index in [-0.39, 0.29) is 17.9 Å². The van der Waals surface area contributed by atoms with Crippen molar-refractivity contribution in [2.24, 2.45) is 0 Å². The maximum absolute atomic E-state index is 12.0. The molecule has 1 N–H and O–H groups in total. The molecule has 0 saturated heterocycles. The third kappa shape index (κ3) is 3.22. The molecule has 3 rings (SSSR count). The van der Waals surface area contributed by atoms with Gasteiger partial charge in [0.2, 0.25) is 0 Å². The van der Waals surface area contributed by atoms with Gasteiger partial charge in [-0.25, -0.2) is 9.59 Å². The maximum Gasteiger partial charge on any atom is 0.342 e. The molecule has 6 nitrogen and oxygen atoms in total. The lowest BCUT2D eigenvalue weighted by molar-refractivity contribution is 0.0531. The van der Waals surface area contributed by atoms with Gasteiger partial charge in [-0.05, 0) is 43.0 Å². The van der Waals surface area contributed by atoms with Crippen LogP contribution in [-0.2, 0) is 22.5 Å². The van der Waals surface area contributed by atoms with Crippen LogP contribution in [0.4, 0.5) is 0 Å². The number of carbonyl (C=O) groups is 2. The summed E-state index contributed by atoms with van der Waals surface area (Å²) in [5, 5.41) is 10.7. The Morgan fingerprint density at radius 2 is 2.04 bits per heavy atom. The molecule has 0 unspecified atom stereocenters. The van der Waals surface area contributed by atoms with Gasteiger partial charge in [-0.2, -0.15) is 0 Å². The minimum Gasteiger partial charge on any atom is -0.507 e. The number of aryl methyl sites for hydroxylation is 1. The number of ether oxygens (including phenoxy) is 3. The van der Waals surface area contributed by atoms with Gasteiger partial charge in [-0.3, -0.25) is 0 Å². The number of hydrogen-bond donors (Lipinski definition) is 1. The average molecular weight is 382 g/mol. The zero-order valence-corrected chi connectivity index (χ0v) is 16.3. The van der Waals surface area contributed by atoms with E-state index in [1.165, 1.54) is 14.2 Å². The molecule has 0 aromatic heterocycles. The van der Waals surface area contributed by atoms with Gasteiger partial charge in [0.25, 0.3) is 0 Å². The first-order chi connectivity index (χ1) is 13.4. The Morgan fingerprint density at radius 1 is 1.29 bits per heavy atom. The van der Waals surface area contributed by atoms with Crippen molar-refractivity contribution in [1.29, 1.82) is 0 Å². The maximum atomic E-state index is 12.0. The van der Waals surface area contributed by atoms with E-state index in [0.29, 0.717) is 28.9 Å². The van der Waals surface area contributed by atoms with Crippen molar-refractivity contribution in [2.45, 2.75) is 26.9 Å². The number of hydrogen-bond acceptors (Lipinski definition) is 6. The summed E-state index contributed by atoms with van der Waals surface area (Å²) in [6, 6.07) is 5.40. The number of esters is 2. The van der Waals surface area contributed by atoms with Crippen molar-refractivity contribution in [1.82, 2.24) is 0 Å². The minimum absolute atomic E-state index is 0.123. The molecule has 0 bridgehead atoms. The van der Waals surface area contributed by atoms with Gasteiger partial charge < -0.3 is 19.3 Å². The van der Waals surface area contributed by atoms with Crippen LogP contribution in [0, 0.1) is 13.8 Å². The molecule has 2 aromatic rings. The summed E-state index contributed by atoms with van der Waals surface area (Å²) in [6.07, 6.45) is 3.94. The molecule has 2 aromatic carbocycles. The van der Waals surface area contributed by atoms with E-state index in [9.17, 15) is 14.7 Å². The van der Waals surface area contributed by atoms with Gasteiger partial charge in [0.1, 0.15) is 23.7 Å². The second-order valence-electron chi connectivity index (χ2n) is 6.55. The molecule has 1 aliphatic heterocycles. The van der Waals surface area contributed by atoms with Crippen LogP contribution in [-0.4, -0.2) is 31.3 Å². The standard InChI is InChI=1S/C22H22O6/c1-12-7-5-9-15(21(24)27-4)14(12)8-6-10-16-19(23)18-17(11-28-22(18)25)13(2)20(16)26-3/h5-9,23H,10-11H2,1-4H3/b8-6+. The summed E-state index contributed by atoms with van der Waals surface area (Å²) in [7, 11) is 2.86. The third-order valence-corrected chi connectivity index (χ3v) is 4.98. The molecule has 0 amide bonds. The highest BCUT2D eigenvalue weighted by molar-refractivity contribution is 5.98. The highest BCUT2D eigenvalue weighted by Crippen LogP contribution is 2.42. The molecule has 28 heavy (non-hydrogen) atoms. The smallest absolute Gasteiger partial charge is 0.342 e. The van der Waals surface area contributed by atoms with Crippen LogP contribution in [0.1, 0.15) is 48.5 Å². The number of rotatable bonds is 5. The number of aromatic hydroxyl groups is 1. The van der Waals surface area contributed by atoms with Gasteiger partial charge in [-0.15, -0.1) is 0 Å². The van der Waals surface area contributed by atoms with E-state index in [0.717, 1.165) is 16.7 Å². The SMILES string of the molecule is COC(=O)c1cccc(C)c1/C=C/Cc1c(O)c2c(c(C)c1OC)COC2=O. The summed E-state index contributed by atoms with van der Waals surface area (Å²) in [5.74, 6) is -0.546. The first-order valence-corrected chi connectivity index (χ1v) is 8.83. The fourth-order valence-corrected chi connectivity index (χ4v) is 3.51. The quantitative estimate of drug-likeness (QED) is 0.794. The lowest BCUT2D eigenvalue weighted by Crippen LogP contribution is -2.05. The van der Waals surface area contributed by atoms with Crippen LogP contribution in [0.15, 0.2) is 24.3 Å². The van der Waals surface area contributed by atoms with Gasteiger partial charge in [0.15, 0.2) is 0 Å². The minimum atomic E-state index is -0.532. The highest BCUT2D eigenvalue weighted by Gasteiger charge is 2.31. The van der Waals surface area contributed by atoms with Gasteiger partial charge in [0, 0.05) is 11.1 Å². The molecule has 0 saturated carbocycles. The number of phenolic OH excluding ortho intramolecular Hbond substituents is 1. The zero-order chi connectivity index (χ0) is 20.4. The molecule has 0 atom stereocenters. The third-order valence-electron chi connectivity index (χ3n) is 4.98. The molecule has 0 radical (unpaired) electrons. The molecule has 0 fully saturated rings. The Kier molecular flexibility index (Phi) is 5.40. The lowest BCUT2D eigenvalue weighted by Gasteiger charge is -2.15. The number of cyclic esters (lactones) is 1. The largest absolute Gasteiger partial charge is 0.507 e. The van der Waals surface area contributed by atoms with Crippen LogP contribution in [0.3, 0.4) is 0 Å². The number of methoxy groups -OCH3 is 2. The topological polar surface area (TPSA) is 82.1 Å². The van der Waals surface area contributed by atoms with Crippen molar-refractivity contribution < 1.29 is 28.9 Å². The Labute approximate surface area is 163 Å². The van der Waals surface area contributed by atoms with Crippen molar-refractivity contribution in [3.63, 3.8) is 0 Å². The number of allylic oxidation sites excluding steroid dienone is 1. The van der Waals surface area contributed by atoms with Crippen LogP contribution >= 0.6 is 0 Å². The molecular weight excluding hydrogens is 360 g/mol. The van der Waals surface area contributed by atoms with Crippen LogP contribution in [0.25, 0.3) is 6.08 Å². The number of carbonyl (C=O) groups excluding carboxylic acids is 2. The summed E-state index contributed by atoms with van der Waals surface area (Å²) in [5.41, 5.74) is 4.25. The molecule has 146 valence electrons. The predicted octanol–water partition coefficient (Wildman–Crippen LogP) is 3.73. The summed E-state index contributed by atoms with van der Waals surface area (Å²) >= 11 is 0. The van der Waals surface area contributed by atoms with Gasteiger partial charge in [-0.1, -0.05) is 24.3 Å². The highest BCUT2D eigenvalue weighted by atomic mass is 16.5. The molecule has 0 spiro atoms. The normalized spacial score (nSPS) is 12.8. The van der Waals surface area contributed by atoms with Crippen LogP contribution < -0.4 is 4.74 Å². The predicted molar refractivity (Wildman–Crippen MR) is 104 cm³/mol. The Hall–Kier alpha value is -3.28. The fourth-order valence-electron chi connectivity index (χ4n) is 3.51. The Balaban J connectivity index is 2.01. The summed E-state index contributed by atoms with van der Waals surface area (Å²) < 4.78 is 15.4. The molecule has 6 heteroatoms. The monoisotopic (exact) mass is 382 g/mol. The van der Waals surface area contributed by atoms with Gasteiger partial charge >= 0.3 is 11.9 Å². The van der Waals surface area contributed by atoms with Crippen molar-refractivity contribution in [3.8, 4) is 11.5 Å². The second-order valence-corrected chi connectivity index (χ2v) is 6.55. The van der Waals surface area contributed by atoms with E-state index < -0.39 is 11.9 Å². The van der Waals surface area contributed by atoms with E-state index >= 15 is 0 Å². The van der Waals surface area contributed by atoms with E-state index in [4.69, 9.17) is 14.2 Å². The Morgan fingerprint density at radius 3 is 2.71 bits per heavy atom. The van der Waals surface area contributed by atoms with Crippen molar-refractivity contribution in [3.05, 3.63) is 63.2 Å². The average Bonchev–Trinajstić information content (AvgIpc) is 3.08. The number of fused-ring (bicyclic) bond motifs is 1. The Bertz CT molecular complexity index is 987. The van der Waals surface area contributed by atoms with Crippen molar-refractivity contribution in [2.75, 3.05) is 14.2 Å². The molecule has 0 aliphatic carbocycles. The molecule has 1 aliphatic rings. The van der Waals surface area contributed by atoms with E-state index in [1.54, 1.807) is 18.2 Å². The summed E-state index contributed by atoms with van der Waals surface area (Å²) in [4.78, 5) is 24.0. The lowest BCUT2D eigenvalue weighted by atomic mass is 9.94. The van der Waals surface area contributed by atoms with Crippen LogP contribution in [0.2, 0.25) is 0 Å². The second kappa shape index (κ2) is 7.76. The zero-order valence-electron chi connectivity index (χ0n) is 16.3. The first kappa shape index (κ1) is 19.5. The van der Waals surface area contributed by atoms with E-state index in [2.05, 4.69) is 0 Å². The number of phenols is 1. The first-order valence-electron chi connectivity index (χ1n) is 8.83. The molecule has 1 heterocycles. The van der Waals surface area contributed by atoms with Crippen LogP contribution in [0.5, 0.6) is 11.5 Å².